The van der Waals surface area contributed by atoms with Gasteiger partial charge < -0.3 is 9.25 Å². The number of aryl methyl sites for hydroxylation is 1. The number of carbonyl (C=O) groups is 3. The van der Waals surface area contributed by atoms with Crippen molar-refractivity contribution >= 4 is 17.8 Å². The van der Waals surface area contributed by atoms with E-state index in [1.807, 2.05) is 0 Å². The zero-order valence-corrected chi connectivity index (χ0v) is 10.5. The van der Waals surface area contributed by atoms with E-state index in [1.54, 1.807) is 19.1 Å². The molecule has 2 amide bonds. The van der Waals surface area contributed by atoms with Crippen LogP contribution in [0, 0.1) is 6.92 Å². The average Bonchev–Trinajstić information content (AvgIpc) is 2.98. The highest BCUT2D eigenvalue weighted by atomic mass is 16.7. The lowest BCUT2D eigenvalue weighted by atomic mass is 10.1. The highest BCUT2D eigenvalue weighted by Gasteiger charge is 2.39. The highest BCUT2D eigenvalue weighted by Crippen LogP contribution is 2.23. The van der Waals surface area contributed by atoms with Gasteiger partial charge in [-0.3, -0.25) is 9.59 Å². The smallest absolute Gasteiger partial charge is 0.398 e. The number of hydrogen-bond donors (Lipinski definition) is 0. The van der Waals surface area contributed by atoms with Crippen molar-refractivity contribution < 1.29 is 23.6 Å². The summed E-state index contributed by atoms with van der Waals surface area (Å²) in [7, 11) is 0. The Hall–Kier alpha value is -2.89. The monoisotopic (exact) mass is 271 g/mol. The Labute approximate surface area is 113 Å². The molecular formula is C14H9NO5. The summed E-state index contributed by atoms with van der Waals surface area (Å²) in [6.45, 7) is 1.74. The third-order valence-electron chi connectivity index (χ3n) is 2.86. The summed E-state index contributed by atoms with van der Waals surface area (Å²) >= 11 is 0. The molecule has 0 radical (unpaired) electrons. The molecule has 1 aliphatic heterocycles. The van der Waals surface area contributed by atoms with E-state index in [0.29, 0.717) is 5.06 Å². The molecule has 0 unspecified atom stereocenters. The van der Waals surface area contributed by atoms with Gasteiger partial charge in [0.25, 0.3) is 11.8 Å². The lowest BCUT2D eigenvalue weighted by Crippen LogP contribution is -2.32. The van der Waals surface area contributed by atoms with Crippen molar-refractivity contribution in [1.29, 1.82) is 0 Å². The first kappa shape index (κ1) is 12.2. The Kier molecular flexibility index (Phi) is 2.64. The van der Waals surface area contributed by atoms with Gasteiger partial charge in [-0.1, -0.05) is 17.2 Å². The lowest BCUT2D eigenvalue weighted by molar-refractivity contribution is -0.0603. The van der Waals surface area contributed by atoms with E-state index >= 15 is 0 Å². The van der Waals surface area contributed by atoms with Crippen LogP contribution in [0.1, 0.15) is 36.8 Å². The van der Waals surface area contributed by atoms with Crippen LogP contribution < -0.4 is 0 Å². The van der Waals surface area contributed by atoms with Gasteiger partial charge in [-0.2, -0.15) is 0 Å². The molecule has 1 aromatic carbocycles. The van der Waals surface area contributed by atoms with Gasteiger partial charge in [-0.15, -0.1) is 0 Å². The van der Waals surface area contributed by atoms with E-state index in [0.717, 1.165) is 5.56 Å². The highest BCUT2D eigenvalue weighted by molar-refractivity contribution is 6.21. The Morgan fingerprint density at radius 3 is 2.25 bits per heavy atom. The SMILES string of the molecule is Cc1coc(C(=O)ON2C(=O)c3ccccc3C2=O)c1. The topological polar surface area (TPSA) is 76.8 Å². The van der Waals surface area contributed by atoms with Gasteiger partial charge in [0, 0.05) is 0 Å². The third kappa shape index (κ3) is 1.78. The number of amides is 2. The van der Waals surface area contributed by atoms with Gasteiger partial charge in [0.05, 0.1) is 17.4 Å². The largest absolute Gasteiger partial charge is 0.457 e. The second-order valence-corrected chi connectivity index (χ2v) is 4.32. The molecule has 0 fully saturated rings. The first-order valence-electron chi connectivity index (χ1n) is 5.83. The molecule has 0 aliphatic carbocycles. The fourth-order valence-electron chi connectivity index (χ4n) is 1.92. The standard InChI is InChI=1S/C14H9NO5/c1-8-6-11(19-7-8)14(18)20-15-12(16)9-4-2-3-5-10(9)13(15)17/h2-7H,1H3. The van der Waals surface area contributed by atoms with Crippen molar-refractivity contribution in [2.75, 3.05) is 0 Å². The number of imide groups is 1. The molecule has 0 atom stereocenters. The molecule has 0 saturated carbocycles. The molecule has 3 rings (SSSR count). The van der Waals surface area contributed by atoms with E-state index in [2.05, 4.69) is 0 Å². The maximum atomic E-state index is 12.0. The van der Waals surface area contributed by atoms with Crippen molar-refractivity contribution in [2.45, 2.75) is 6.92 Å². The number of furan rings is 1. The van der Waals surface area contributed by atoms with E-state index < -0.39 is 17.8 Å². The molecule has 0 spiro atoms. The summed E-state index contributed by atoms with van der Waals surface area (Å²) in [4.78, 5) is 40.6. The third-order valence-corrected chi connectivity index (χ3v) is 2.86. The minimum absolute atomic E-state index is 0.0703. The second kappa shape index (κ2) is 4.34. The van der Waals surface area contributed by atoms with Crippen molar-refractivity contribution in [3.05, 3.63) is 59.0 Å². The number of carbonyl (C=O) groups excluding carboxylic acids is 3. The van der Waals surface area contributed by atoms with Crippen molar-refractivity contribution in [1.82, 2.24) is 5.06 Å². The van der Waals surface area contributed by atoms with E-state index in [9.17, 15) is 14.4 Å². The minimum Gasteiger partial charge on any atom is -0.457 e. The zero-order valence-electron chi connectivity index (χ0n) is 10.5. The van der Waals surface area contributed by atoms with Gasteiger partial charge in [-0.25, -0.2) is 4.79 Å². The van der Waals surface area contributed by atoms with E-state index in [-0.39, 0.29) is 16.9 Å². The maximum absolute atomic E-state index is 12.0. The predicted octanol–water partition coefficient (Wildman–Crippen LogP) is 1.96. The number of fused-ring (bicyclic) bond motifs is 1. The normalized spacial score (nSPS) is 13.6. The first-order chi connectivity index (χ1) is 9.58. The van der Waals surface area contributed by atoms with Gasteiger partial charge in [0.2, 0.25) is 5.76 Å². The summed E-state index contributed by atoms with van der Waals surface area (Å²) in [6, 6.07) is 7.72. The quantitative estimate of drug-likeness (QED) is 0.780. The Morgan fingerprint density at radius 1 is 1.15 bits per heavy atom. The average molecular weight is 271 g/mol. The van der Waals surface area contributed by atoms with Gasteiger partial charge >= 0.3 is 5.97 Å². The van der Waals surface area contributed by atoms with Crippen LogP contribution in [0.3, 0.4) is 0 Å². The molecule has 2 aromatic rings. The van der Waals surface area contributed by atoms with Crippen molar-refractivity contribution in [3.8, 4) is 0 Å². The van der Waals surface area contributed by atoms with Gasteiger partial charge in [0.1, 0.15) is 0 Å². The number of nitrogens with zero attached hydrogens (tertiary/aromatic N) is 1. The van der Waals surface area contributed by atoms with Crippen LogP contribution in [0.25, 0.3) is 0 Å². The van der Waals surface area contributed by atoms with Crippen LogP contribution in [0.15, 0.2) is 41.0 Å². The lowest BCUT2D eigenvalue weighted by Gasteiger charge is -2.11. The maximum Gasteiger partial charge on any atom is 0.398 e. The molecule has 0 N–H and O–H groups in total. The van der Waals surface area contributed by atoms with Crippen molar-refractivity contribution in [2.24, 2.45) is 0 Å². The van der Waals surface area contributed by atoms with Crippen LogP contribution in [0.5, 0.6) is 0 Å². The Balaban J connectivity index is 1.85. The minimum atomic E-state index is -0.896. The van der Waals surface area contributed by atoms with E-state index in [1.165, 1.54) is 24.5 Å². The molecule has 100 valence electrons. The van der Waals surface area contributed by atoms with E-state index in [4.69, 9.17) is 9.25 Å². The number of hydrogen-bond acceptors (Lipinski definition) is 5. The summed E-state index contributed by atoms with van der Waals surface area (Å²) in [5, 5.41) is 0.449. The van der Waals surface area contributed by atoms with Gasteiger partial charge in [-0.05, 0) is 30.7 Å². The van der Waals surface area contributed by atoms with Crippen LogP contribution in [-0.4, -0.2) is 22.8 Å². The molecule has 1 aliphatic rings. The summed E-state index contributed by atoms with van der Waals surface area (Å²) in [6.07, 6.45) is 1.37. The fraction of sp³-hybridized carbons (Fsp3) is 0.0714. The fourth-order valence-corrected chi connectivity index (χ4v) is 1.92. The molecule has 6 heteroatoms. The summed E-state index contributed by atoms with van der Waals surface area (Å²) < 4.78 is 4.96. The molecule has 6 nitrogen and oxygen atoms in total. The molecule has 20 heavy (non-hydrogen) atoms. The number of rotatable bonds is 2. The van der Waals surface area contributed by atoms with Crippen LogP contribution in [0.4, 0.5) is 0 Å². The molecular weight excluding hydrogens is 262 g/mol. The second-order valence-electron chi connectivity index (χ2n) is 4.32. The summed E-state index contributed by atoms with van der Waals surface area (Å²) in [5.74, 6) is -2.30. The molecule has 0 saturated heterocycles. The zero-order chi connectivity index (χ0) is 14.3. The van der Waals surface area contributed by atoms with Crippen LogP contribution >= 0.6 is 0 Å². The number of hydroxylamine groups is 2. The van der Waals surface area contributed by atoms with Crippen LogP contribution in [0.2, 0.25) is 0 Å². The summed E-state index contributed by atoms with van der Waals surface area (Å²) in [5.41, 5.74) is 1.15. The van der Waals surface area contributed by atoms with Crippen LogP contribution in [-0.2, 0) is 4.84 Å². The molecule has 1 aromatic heterocycles. The Morgan fingerprint density at radius 2 is 1.75 bits per heavy atom. The predicted molar refractivity (Wildman–Crippen MR) is 65.8 cm³/mol. The number of benzene rings is 1. The first-order valence-corrected chi connectivity index (χ1v) is 5.83. The van der Waals surface area contributed by atoms with Crippen molar-refractivity contribution in [3.63, 3.8) is 0 Å². The van der Waals surface area contributed by atoms with Gasteiger partial charge in [0.15, 0.2) is 0 Å². The molecule has 2 heterocycles. The molecule has 0 bridgehead atoms. The Bertz CT molecular complexity index is 696.